The zero-order chi connectivity index (χ0) is 9.56. The Balaban J connectivity index is 3.84. The molecule has 0 aromatic heterocycles. The van der Waals surface area contributed by atoms with Gasteiger partial charge in [-0.1, -0.05) is 12.1 Å². The van der Waals surface area contributed by atoms with Gasteiger partial charge in [0.15, 0.2) is 18.2 Å². The Morgan fingerprint density at radius 1 is 1.33 bits per heavy atom. The average molecular weight is 171 g/mol. The van der Waals surface area contributed by atoms with Crippen LogP contribution < -0.4 is 0 Å². The smallest absolute Gasteiger partial charge is 0.179 e. The Hall–Kier alpha value is -1.19. The van der Waals surface area contributed by atoms with Crippen molar-refractivity contribution in [1.82, 2.24) is 0 Å². The zero-order valence-electron chi connectivity index (χ0n) is 7.59. The van der Waals surface area contributed by atoms with Gasteiger partial charge in [-0.2, -0.15) is 0 Å². The first-order valence-corrected chi connectivity index (χ1v) is 3.77. The Morgan fingerprint density at radius 3 is 2.33 bits per heavy atom. The summed E-state index contributed by atoms with van der Waals surface area (Å²) < 4.78 is 0. The van der Waals surface area contributed by atoms with Crippen LogP contribution in [0.25, 0.3) is 0 Å². The van der Waals surface area contributed by atoms with Gasteiger partial charge >= 0.3 is 0 Å². The van der Waals surface area contributed by atoms with Crippen molar-refractivity contribution in [3.8, 4) is 0 Å². The summed E-state index contributed by atoms with van der Waals surface area (Å²) in [6.45, 7) is 4.62. The number of hydrogen-bond donors (Lipinski definition) is 0. The van der Waals surface area contributed by atoms with Crippen LogP contribution in [-0.4, -0.2) is 23.9 Å². The number of Topliss-reactive ketones (excluding diaryl/α,β-unsaturated/α-hetero) is 2. The minimum atomic E-state index is -0.115. The molecule has 0 radical (unpaired) electrons. The predicted molar refractivity (Wildman–Crippen MR) is 45.0 cm³/mol. The van der Waals surface area contributed by atoms with E-state index < -0.39 is 0 Å². The molecule has 0 fully saturated rings. The van der Waals surface area contributed by atoms with Gasteiger partial charge in [-0.15, -0.1) is 0 Å². The van der Waals surface area contributed by atoms with Gasteiger partial charge in [-0.3, -0.25) is 9.59 Å². The summed E-state index contributed by atoms with van der Waals surface area (Å²) in [6, 6.07) is 0. The molecule has 12 heavy (non-hydrogen) atoms. The third-order valence-electron chi connectivity index (χ3n) is 1.19. The number of hydrogen-bond acceptors (Lipinski definition) is 4. The molecule has 0 unspecified atom stereocenters. The van der Waals surface area contributed by atoms with E-state index in [1.54, 1.807) is 13.8 Å². The van der Waals surface area contributed by atoms with E-state index in [0.29, 0.717) is 12.1 Å². The van der Waals surface area contributed by atoms with E-state index in [0.717, 1.165) is 0 Å². The maximum absolute atomic E-state index is 10.9. The highest BCUT2D eigenvalue weighted by atomic mass is 16.6. The molecule has 0 bridgehead atoms. The van der Waals surface area contributed by atoms with Crippen LogP contribution in [0.5, 0.6) is 0 Å². The lowest BCUT2D eigenvalue weighted by Crippen LogP contribution is -2.10. The average Bonchev–Trinajstić information content (AvgIpc) is 2.02. The summed E-state index contributed by atoms with van der Waals surface area (Å²) in [5.74, 6) is -0.186. The monoisotopic (exact) mass is 171 g/mol. The lowest BCUT2D eigenvalue weighted by Gasteiger charge is -1.96. The summed E-state index contributed by atoms with van der Waals surface area (Å²) in [5, 5.41) is 3.48. The first-order chi connectivity index (χ1) is 5.57. The maximum atomic E-state index is 10.9. The molecule has 68 valence electrons. The fourth-order valence-corrected chi connectivity index (χ4v) is 0.527. The second kappa shape index (κ2) is 5.46. The lowest BCUT2D eigenvalue weighted by molar-refractivity contribution is -0.121. The van der Waals surface area contributed by atoms with Crippen LogP contribution in [0.15, 0.2) is 5.16 Å². The molecule has 0 heterocycles. The molecule has 0 saturated carbocycles. The van der Waals surface area contributed by atoms with Crippen LogP contribution in [0, 0.1) is 0 Å². The van der Waals surface area contributed by atoms with Crippen LogP contribution in [0.2, 0.25) is 0 Å². The molecular weight excluding hydrogens is 158 g/mol. The molecule has 0 aliphatic rings. The fraction of sp³-hybridized carbons (Fsp3) is 0.625. The van der Waals surface area contributed by atoms with Crippen LogP contribution in [-0.2, 0) is 14.4 Å². The number of ketones is 2. The van der Waals surface area contributed by atoms with Gasteiger partial charge in [-0.05, 0) is 13.8 Å². The molecule has 0 aromatic carbocycles. The topological polar surface area (TPSA) is 55.7 Å². The Kier molecular flexibility index (Phi) is 4.92. The third-order valence-corrected chi connectivity index (χ3v) is 1.19. The standard InChI is InChI=1S/C8H13NO3/c1-4-8(11)7(3)9-12-5-6(2)10/h4-5H2,1-3H3/b9-7+. The zero-order valence-corrected chi connectivity index (χ0v) is 7.59. The van der Waals surface area contributed by atoms with Crippen molar-refractivity contribution in [2.24, 2.45) is 5.16 Å². The minimum absolute atomic E-state index is 0.0708. The SMILES string of the molecule is CCC(=O)/C(C)=N/OCC(C)=O. The third kappa shape index (κ3) is 4.60. The fourth-order valence-electron chi connectivity index (χ4n) is 0.527. The highest BCUT2D eigenvalue weighted by molar-refractivity contribution is 6.38. The molecule has 0 amide bonds. The normalized spacial score (nSPS) is 11.1. The van der Waals surface area contributed by atoms with E-state index in [9.17, 15) is 9.59 Å². The molecule has 0 spiro atoms. The van der Waals surface area contributed by atoms with Gasteiger partial charge in [0.1, 0.15) is 5.71 Å². The molecule has 0 aromatic rings. The van der Waals surface area contributed by atoms with Crippen molar-refractivity contribution in [1.29, 1.82) is 0 Å². The van der Waals surface area contributed by atoms with Crippen LogP contribution in [0.4, 0.5) is 0 Å². The van der Waals surface area contributed by atoms with Crippen molar-refractivity contribution in [3.63, 3.8) is 0 Å². The maximum Gasteiger partial charge on any atom is 0.179 e. The largest absolute Gasteiger partial charge is 0.387 e. The van der Waals surface area contributed by atoms with Crippen molar-refractivity contribution in [2.75, 3.05) is 6.61 Å². The van der Waals surface area contributed by atoms with Gasteiger partial charge in [0.2, 0.25) is 0 Å². The van der Waals surface area contributed by atoms with Crippen molar-refractivity contribution in [2.45, 2.75) is 27.2 Å². The van der Waals surface area contributed by atoms with E-state index in [1.807, 2.05) is 0 Å². The number of carbonyl (C=O) groups is 2. The summed E-state index contributed by atoms with van der Waals surface area (Å²) in [5.41, 5.74) is 0.304. The molecule has 4 nitrogen and oxygen atoms in total. The Bertz CT molecular complexity index is 208. The van der Waals surface area contributed by atoms with Gasteiger partial charge in [0.25, 0.3) is 0 Å². The first kappa shape index (κ1) is 10.8. The van der Waals surface area contributed by atoms with Gasteiger partial charge < -0.3 is 4.84 Å². The number of rotatable bonds is 5. The number of carbonyl (C=O) groups excluding carboxylic acids is 2. The molecular formula is C8H13NO3. The molecule has 0 aliphatic heterocycles. The number of nitrogens with zero attached hydrogens (tertiary/aromatic N) is 1. The van der Waals surface area contributed by atoms with E-state index >= 15 is 0 Å². The highest BCUT2D eigenvalue weighted by Gasteiger charge is 2.02. The van der Waals surface area contributed by atoms with E-state index in [4.69, 9.17) is 0 Å². The molecule has 0 aliphatic carbocycles. The Morgan fingerprint density at radius 2 is 1.92 bits per heavy atom. The highest BCUT2D eigenvalue weighted by Crippen LogP contribution is 1.88. The van der Waals surface area contributed by atoms with Crippen molar-refractivity contribution in [3.05, 3.63) is 0 Å². The summed E-state index contributed by atoms with van der Waals surface area (Å²) in [7, 11) is 0. The van der Waals surface area contributed by atoms with Crippen LogP contribution >= 0.6 is 0 Å². The summed E-state index contributed by atoms with van der Waals surface area (Å²) in [6.07, 6.45) is 0.402. The van der Waals surface area contributed by atoms with Gasteiger partial charge in [0, 0.05) is 6.42 Å². The van der Waals surface area contributed by atoms with Crippen molar-refractivity contribution < 1.29 is 14.4 Å². The van der Waals surface area contributed by atoms with Crippen LogP contribution in [0.1, 0.15) is 27.2 Å². The molecule has 0 rings (SSSR count). The first-order valence-electron chi connectivity index (χ1n) is 3.77. The quantitative estimate of drug-likeness (QED) is 0.457. The van der Waals surface area contributed by atoms with Gasteiger partial charge in [-0.25, -0.2) is 0 Å². The predicted octanol–water partition coefficient (Wildman–Crippen LogP) is 0.947. The second-order valence-corrected chi connectivity index (χ2v) is 2.43. The van der Waals surface area contributed by atoms with Crippen molar-refractivity contribution >= 4 is 17.3 Å². The van der Waals surface area contributed by atoms with E-state index in [2.05, 4.69) is 9.99 Å². The molecule has 0 saturated heterocycles. The number of oxime groups is 1. The van der Waals surface area contributed by atoms with E-state index in [-0.39, 0.29) is 18.2 Å². The summed E-state index contributed by atoms with van der Waals surface area (Å²) in [4.78, 5) is 25.9. The molecule has 0 N–H and O–H groups in total. The Labute approximate surface area is 71.6 Å². The van der Waals surface area contributed by atoms with E-state index in [1.165, 1.54) is 6.92 Å². The lowest BCUT2D eigenvalue weighted by atomic mass is 10.2. The molecule has 0 atom stereocenters. The summed E-state index contributed by atoms with van der Waals surface area (Å²) >= 11 is 0. The van der Waals surface area contributed by atoms with Crippen LogP contribution in [0.3, 0.4) is 0 Å². The minimum Gasteiger partial charge on any atom is -0.387 e. The second-order valence-electron chi connectivity index (χ2n) is 2.43. The molecule has 4 heteroatoms. The van der Waals surface area contributed by atoms with Gasteiger partial charge in [0.05, 0.1) is 0 Å².